The molecule has 5 aromatic rings. The molecule has 0 N–H and O–H groups in total. The third-order valence-electron chi connectivity index (χ3n) is 5.38. The van der Waals surface area contributed by atoms with Crippen molar-refractivity contribution in [1.82, 2.24) is 4.57 Å². The zero-order chi connectivity index (χ0) is 19.8. The molecular weight excluding hydrogens is 441 g/mol. The molecule has 1 radical (unpaired) electrons. The van der Waals surface area contributed by atoms with Gasteiger partial charge < -0.3 is 0 Å². The first kappa shape index (κ1) is 20.7. The molecule has 30 heavy (non-hydrogen) atoms. The Bertz CT molecular complexity index is 1320. The number of rotatable bonds is 3. The maximum atomic E-state index is 3.67. The van der Waals surface area contributed by atoms with Gasteiger partial charge in [-0.2, -0.15) is 29.8 Å². The van der Waals surface area contributed by atoms with Crippen molar-refractivity contribution in [3.05, 3.63) is 109 Å². The van der Waals surface area contributed by atoms with Gasteiger partial charge in [0.1, 0.15) is 18.1 Å². The molecule has 0 unspecified atom stereocenters. The number of nitrogens with zero attached hydrogens (tertiary/aromatic N) is 2. The number of aromatic nitrogens is 2. The number of hydrogen-bond acceptors (Lipinski definition) is 0. The Labute approximate surface area is 202 Å². The van der Waals surface area contributed by atoms with Gasteiger partial charge in [-0.25, -0.2) is 10.1 Å². The summed E-state index contributed by atoms with van der Waals surface area (Å²) < 4.78 is 4.37. The van der Waals surface area contributed by atoms with E-state index in [0.717, 1.165) is 28.2 Å². The second kappa shape index (κ2) is 8.67. The fraction of sp³-hybridized carbons (Fsp3) is 0.0741. The fourth-order valence-electron chi connectivity index (χ4n) is 3.81. The van der Waals surface area contributed by atoms with E-state index in [4.69, 9.17) is 0 Å². The number of hydrogen-bond donors (Lipinski definition) is 0. The third-order valence-corrected chi connectivity index (χ3v) is 5.38. The van der Waals surface area contributed by atoms with Crippen LogP contribution in [0.25, 0.3) is 39.0 Å². The van der Waals surface area contributed by atoms with Crippen LogP contribution >= 0.6 is 0 Å². The molecule has 143 valence electrons. The maximum Gasteiger partial charge on any atom is 0.228 e. The SMILES string of the molecule is Cc1ccc(-c2[c-]cc3ccccc3c2)[c-]c1-c1n(-c2ccccc2)cc[n+]1C.[Y]. The Kier molecular flexibility index (Phi) is 5.99. The van der Waals surface area contributed by atoms with Crippen LogP contribution in [0.4, 0.5) is 0 Å². The summed E-state index contributed by atoms with van der Waals surface area (Å²) in [7, 11) is 2.08. The van der Waals surface area contributed by atoms with E-state index < -0.39 is 0 Å². The normalized spacial score (nSPS) is 10.7. The van der Waals surface area contributed by atoms with E-state index in [1.807, 2.05) is 6.07 Å². The second-order valence-corrected chi connectivity index (χ2v) is 7.34. The van der Waals surface area contributed by atoms with Gasteiger partial charge in [0.15, 0.2) is 0 Å². The van der Waals surface area contributed by atoms with Gasteiger partial charge in [0.2, 0.25) is 5.82 Å². The van der Waals surface area contributed by atoms with Crippen molar-refractivity contribution in [3.8, 4) is 28.2 Å². The van der Waals surface area contributed by atoms with E-state index in [2.05, 4.69) is 120 Å². The Morgan fingerprint density at radius 3 is 2.37 bits per heavy atom. The molecule has 0 saturated heterocycles. The first-order valence-electron chi connectivity index (χ1n) is 9.77. The topological polar surface area (TPSA) is 8.81 Å². The molecule has 5 rings (SSSR count). The number of benzene rings is 4. The molecule has 1 heterocycles. The molecule has 1 aromatic heterocycles. The van der Waals surface area contributed by atoms with Gasteiger partial charge in [-0.1, -0.05) is 49.4 Å². The molecule has 0 aliphatic carbocycles. The fourth-order valence-corrected chi connectivity index (χ4v) is 3.81. The maximum absolute atomic E-state index is 3.67. The van der Waals surface area contributed by atoms with E-state index in [-0.39, 0.29) is 32.7 Å². The van der Waals surface area contributed by atoms with Gasteiger partial charge in [-0.05, 0) is 17.7 Å². The summed E-state index contributed by atoms with van der Waals surface area (Å²) in [6.45, 7) is 2.14. The molecule has 0 aliphatic rings. The van der Waals surface area contributed by atoms with Crippen LogP contribution in [0.2, 0.25) is 0 Å². The van der Waals surface area contributed by atoms with Gasteiger partial charge in [0.05, 0.1) is 7.05 Å². The van der Waals surface area contributed by atoms with Crippen molar-refractivity contribution < 1.29 is 37.3 Å². The zero-order valence-corrected chi connectivity index (χ0v) is 20.0. The van der Waals surface area contributed by atoms with E-state index in [9.17, 15) is 0 Å². The molecule has 0 amide bonds. The third kappa shape index (κ3) is 3.78. The summed E-state index contributed by atoms with van der Waals surface area (Å²) in [5.74, 6) is 1.11. The van der Waals surface area contributed by atoms with Crippen molar-refractivity contribution in [2.24, 2.45) is 7.05 Å². The Morgan fingerprint density at radius 1 is 0.833 bits per heavy atom. The molecule has 3 heteroatoms. The molecule has 0 aliphatic heterocycles. The van der Waals surface area contributed by atoms with Gasteiger partial charge >= 0.3 is 0 Å². The van der Waals surface area contributed by atoms with Gasteiger partial charge in [-0.3, -0.25) is 4.57 Å². The standard InChI is InChI=1S/C27H21N2.Y/c1-20-12-13-24(23-15-14-21-8-6-7-9-22(21)18-23)19-26(20)27-28(2)16-17-29(27)25-10-4-3-5-11-25;/h3-14,16-18H,1-2H3;/q-1;. The summed E-state index contributed by atoms with van der Waals surface area (Å²) in [5, 5.41) is 2.42. The average molecular weight is 462 g/mol. The zero-order valence-electron chi connectivity index (χ0n) is 17.1. The van der Waals surface area contributed by atoms with Crippen molar-refractivity contribution in [3.63, 3.8) is 0 Å². The molecule has 0 atom stereocenters. The molecule has 0 bridgehead atoms. The molecule has 0 spiro atoms. The minimum absolute atomic E-state index is 0. The van der Waals surface area contributed by atoms with Gasteiger partial charge in [0, 0.05) is 32.7 Å². The van der Waals surface area contributed by atoms with Crippen LogP contribution in [0.5, 0.6) is 0 Å². The van der Waals surface area contributed by atoms with Crippen LogP contribution in [-0.2, 0) is 39.8 Å². The van der Waals surface area contributed by atoms with Crippen molar-refractivity contribution in [2.75, 3.05) is 0 Å². The van der Waals surface area contributed by atoms with E-state index in [1.165, 1.54) is 16.3 Å². The van der Waals surface area contributed by atoms with Crippen molar-refractivity contribution in [2.45, 2.75) is 6.92 Å². The molecule has 4 aromatic carbocycles. The number of aryl methyl sites for hydroxylation is 2. The predicted molar refractivity (Wildman–Crippen MR) is 118 cm³/mol. The number of imidazole rings is 1. The van der Waals surface area contributed by atoms with E-state index in [1.54, 1.807) is 0 Å². The predicted octanol–water partition coefficient (Wildman–Crippen LogP) is 5.70. The van der Waals surface area contributed by atoms with Crippen LogP contribution in [0.3, 0.4) is 0 Å². The second-order valence-electron chi connectivity index (χ2n) is 7.34. The van der Waals surface area contributed by atoms with Gasteiger partial charge in [-0.15, -0.1) is 28.5 Å². The summed E-state index contributed by atoms with van der Waals surface area (Å²) in [4.78, 5) is 0. The number of fused-ring (bicyclic) bond motifs is 1. The molecule has 2 nitrogen and oxygen atoms in total. The summed E-state index contributed by atoms with van der Waals surface area (Å²) >= 11 is 0. The quantitative estimate of drug-likeness (QED) is 0.241. The van der Waals surface area contributed by atoms with Crippen LogP contribution in [0, 0.1) is 19.1 Å². The summed E-state index contributed by atoms with van der Waals surface area (Å²) in [6, 6.07) is 34.5. The van der Waals surface area contributed by atoms with Crippen molar-refractivity contribution >= 4 is 10.8 Å². The Hall–Kier alpha value is -2.55. The largest absolute Gasteiger partial charge is 0.265 e. The van der Waals surface area contributed by atoms with E-state index >= 15 is 0 Å². The summed E-state index contributed by atoms with van der Waals surface area (Å²) in [6.07, 6.45) is 4.19. The Morgan fingerprint density at radius 2 is 1.57 bits per heavy atom. The Balaban J connectivity index is 0.00000218. The summed E-state index contributed by atoms with van der Waals surface area (Å²) in [5.41, 5.74) is 5.54. The van der Waals surface area contributed by atoms with Crippen LogP contribution in [-0.4, -0.2) is 4.57 Å². The van der Waals surface area contributed by atoms with E-state index in [0.29, 0.717) is 0 Å². The van der Waals surface area contributed by atoms with Crippen LogP contribution < -0.4 is 4.57 Å². The van der Waals surface area contributed by atoms with Gasteiger partial charge in [0.25, 0.3) is 0 Å². The minimum atomic E-state index is 0. The molecule has 0 saturated carbocycles. The van der Waals surface area contributed by atoms with Crippen LogP contribution in [0.15, 0.2) is 91.3 Å². The number of para-hydroxylation sites is 1. The average Bonchev–Trinajstić information content (AvgIpc) is 3.15. The van der Waals surface area contributed by atoms with Crippen molar-refractivity contribution in [1.29, 1.82) is 0 Å². The monoisotopic (exact) mass is 462 g/mol. The minimum Gasteiger partial charge on any atom is -0.265 e. The smallest absolute Gasteiger partial charge is 0.228 e. The molecule has 0 fully saturated rings. The molecular formula is C27H21N2Y-. The first-order valence-corrected chi connectivity index (χ1v) is 9.77. The first-order chi connectivity index (χ1) is 14.2. The van der Waals surface area contributed by atoms with Crippen LogP contribution in [0.1, 0.15) is 5.56 Å².